The first kappa shape index (κ1) is 16.6. The number of rotatable bonds is 5. The number of phenolic OH excluding ortho intramolecular Hbond substituents is 1. The summed E-state index contributed by atoms with van der Waals surface area (Å²) in [5, 5.41) is 12.3. The van der Waals surface area contributed by atoms with E-state index in [1.165, 1.54) is 12.1 Å². The van der Waals surface area contributed by atoms with Crippen LogP contribution in [0.25, 0.3) is 0 Å². The van der Waals surface area contributed by atoms with Gasteiger partial charge in [0.05, 0.1) is 6.04 Å². The molecule has 1 amide bonds. The van der Waals surface area contributed by atoms with Crippen molar-refractivity contribution in [3.8, 4) is 17.2 Å². The van der Waals surface area contributed by atoms with Gasteiger partial charge in [-0.1, -0.05) is 18.2 Å². The van der Waals surface area contributed by atoms with E-state index in [1.807, 2.05) is 6.07 Å². The number of carbonyl (C=O) groups is 2. The van der Waals surface area contributed by atoms with Crippen molar-refractivity contribution in [2.45, 2.75) is 13.0 Å². The molecule has 1 aliphatic rings. The highest BCUT2D eigenvalue weighted by molar-refractivity contribution is 5.93. The number of amides is 1. The normalized spacial score (nSPS) is 13.2. The maximum atomic E-state index is 12.0. The Morgan fingerprint density at radius 2 is 1.96 bits per heavy atom. The van der Waals surface area contributed by atoms with Crippen LogP contribution in [0.2, 0.25) is 0 Å². The van der Waals surface area contributed by atoms with E-state index in [4.69, 9.17) is 14.2 Å². The lowest BCUT2D eigenvalue weighted by Gasteiger charge is -2.15. The molecule has 0 radical (unpaired) electrons. The lowest BCUT2D eigenvalue weighted by Crippen LogP contribution is -2.31. The van der Waals surface area contributed by atoms with Crippen molar-refractivity contribution in [1.29, 1.82) is 0 Å². The Balaban J connectivity index is 1.54. The molecule has 130 valence electrons. The molecule has 0 aromatic heterocycles. The molecule has 2 aromatic rings. The van der Waals surface area contributed by atoms with Gasteiger partial charge in [0.2, 0.25) is 6.79 Å². The molecule has 0 aliphatic carbocycles. The summed E-state index contributed by atoms with van der Waals surface area (Å²) in [6.07, 6.45) is 0. The Morgan fingerprint density at radius 3 is 2.76 bits per heavy atom. The second-order valence-electron chi connectivity index (χ2n) is 5.50. The zero-order chi connectivity index (χ0) is 17.8. The fourth-order valence-corrected chi connectivity index (χ4v) is 2.40. The van der Waals surface area contributed by atoms with Crippen LogP contribution in [-0.4, -0.2) is 30.4 Å². The number of fused-ring (bicyclic) bond motifs is 1. The van der Waals surface area contributed by atoms with Gasteiger partial charge in [-0.05, 0) is 36.8 Å². The number of ether oxygens (including phenoxy) is 3. The van der Waals surface area contributed by atoms with E-state index in [2.05, 4.69) is 5.32 Å². The summed E-state index contributed by atoms with van der Waals surface area (Å²) in [5.74, 6) is -0.108. The molecule has 2 aromatic carbocycles. The van der Waals surface area contributed by atoms with Gasteiger partial charge in [-0.25, -0.2) is 4.79 Å². The third kappa shape index (κ3) is 3.82. The van der Waals surface area contributed by atoms with Gasteiger partial charge in [0.1, 0.15) is 11.3 Å². The molecular formula is C18H17NO6. The van der Waals surface area contributed by atoms with Crippen LogP contribution in [0, 0.1) is 0 Å². The third-order valence-electron chi connectivity index (χ3n) is 3.73. The van der Waals surface area contributed by atoms with Crippen LogP contribution < -0.4 is 14.8 Å². The number of hydrogen-bond donors (Lipinski definition) is 2. The van der Waals surface area contributed by atoms with E-state index in [0.717, 1.165) is 5.56 Å². The average Bonchev–Trinajstić information content (AvgIpc) is 3.07. The summed E-state index contributed by atoms with van der Waals surface area (Å²) in [7, 11) is 0. The number of carbonyl (C=O) groups excluding carboxylic acids is 2. The van der Waals surface area contributed by atoms with Gasteiger partial charge in [-0.2, -0.15) is 0 Å². The second kappa shape index (κ2) is 7.12. The molecule has 1 unspecified atom stereocenters. The minimum atomic E-state index is -0.760. The fraction of sp³-hybridized carbons (Fsp3) is 0.222. The first-order valence-corrected chi connectivity index (χ1v) is 7.68. The maximum Gasteiger partial charge on any atom is 0.342 e. The Morgan fingerprint density at radius 1 is 1.20 bits per heavy atom. The molecule has 0 bridgehead atoms. The molecule has 2 N–H and O–H groups in total. The number of hydrogen-bond acceptors (Lipinski definition) is 6. The van der Waals surface area contributed by atoms with Crippen LogP contribution in [-0.2, 0) is 9.53 Å². The van der Waals surface area contributed by atoms with E-state index >= 15 is 0 Å². The molecule has 0 fully saturated rings. The number of para-hydroxylation sites is 1. The summed E-state index contributed by atoms with van der Waals surface area (Å²) < 4.78 is 15.5. The van der Waals surface area contributed by atoms with Crippen molar-refractivity contribution in [3.63, 3.8) is 0 Å². The van der Waals surface area contributed by atoms with E-state index < -0.39 is 18.5 Å². The Labute approximate surface area is 144 Å². The van der Waals surface area contributed by atoms with E-state index in [9.17, 15) is 14.7 Å². The second-order valence-corrected chi connectivity index (χ2v) is 5.50. The topological polar surface area (TPSA) is 94.1 Å². The highest BCUT2D eigenvalue weighted by atomic mass is 16.7. The largest absolute Gasteiger partial charge is 0.507 e. The van der Waals surface area contributed by atoms with Crippen molar-refractivity contribution in [3.05, 3.63) is 53.6 Å². The van der Waals surface area contributed by atoms with Gasteiger partial charge in [0, 0.05) is 0 Å². The molecule has 1 heterocycles. The van der Waals surface area contributed by atoms with Crippen molar-refractivity contribution in [2.75, 3.05) is 13.4 Å². The molecular weight excluding hydrogens is 326 g/mol. The van der Waals surface area contributed by atoms with Crippen molar-refractivity contribution >= 4 is 11.9 Å². The van der Waals surface area contributed by atoms with E-state index in [-0.39, 0.29) is 24.1 Å². The molecule has 1 atom stereocenters. The van der Waals surface area contributed by atoms with Crippen LogP contribution in [0.5, 0.6) is 17.2 Å². The number of esters is 1. The van der Waals surface area contributed by atoms with Crippen LogP contribution >= 0.6 is 0 Å². The zero-order valence-electron chi connectivity index (χ0n) is 13.5. The first-order valence-electron chi connectivity index (χ1n) is 7.68. The molecule has 7 nitrogen and oxygen atoms in total. The number of benzene rings is 2. The minimum absolute atomic E-state index is 0.0131. The first-order chi connectivity index (χ1) is 12.0. The van der Waals surface area contributed by atoms with Crippen LogP contribution in [0.15, 0.2) is 42.5 Å². The lowest BCUT2D eigenvalue weighted by atomic mass is 10.1. The standard InChI is InChI=1S/C18H17NO6/c1-11(12-6-7-15-16(8-12)25-10-24-15)19-17(21)9-23-18(22)13-4-2-3-5-14(13)20/h2-8,11,20H,9-10H2,1H3,(H,19,21). The predicted molar refractivity (Wildman–Crippen MR) is 87.5 cm³/mol. The van der Waals surface area contributed by atoms with Gasteiger partial charge < -0.3 is 24.6 Å². The fourth-order valence-electron chi connectivity index (χ4n) is 2.40. The van der Waals surface area contributed by atoms with Crippen molar-refractivity contribution in [2.24, 2.45) is 0 Å². The van der Waals surface area contributed by atoms with Gasteiger partial charge in [-0.3, -0.25) is 4.79 Å². The molecule has 1 aliphatic heterocycles. The Kier molecular flexibility index (Phi) is 4.74. The van der Waals surface area contributed by atoms with E-state index in [0.29, 0.717) is 11.5 Å². The summed E-state index contributed by atoms with van der Waals surface area (Å²) in [6, 6.07) is 11.1. The van der Waals surface area contributed by atoms with Gasteiger partial charge >= 0.3 is 5.97 Å². The minimum Gasteiger partial charge on any atom is -0.507 e. The maximum absolute atomic E-state index is 12.0. The quantitative estimate of drug-likeness (QED) is 0.808. The van der Waals surface area contributed by atoms with E-state index in [1.54, 1.807) is 31.2 Å². The molecule has 0 spiro atoms. The number of nitrogens with one attached hydrogen (secondary N) is 1. The smallest absolute Gasteiger partial charge is 0.342 e. The summed E-state index contributed by atoms with van der Waals surface area (Å²) in [4.78, 5) is 23.8. The van der Waals surface area contributed by atoms with Crippen molar-refractivity contribution < 1.29 is 28.9 Å². The Hall–Kier alpha value is -3.22. The van der Waals surface area contributed by atoms with Gasteiger partial charge in [-0.15, -0.1) is 0 Å². The average molecular weight is 343 g/mol. The molecule has 0 saturated carbocycles. The molecule has 7 heteroatoms. The lowest BCUT2D eigenvalue weighted by molar-refractivity contribution is -0.124. The Bertz CT molecular complexity index is 804. The summed E-state index contributed by atoms with van der Waals surface area (Å²) >= 11 is 0. The van der Waals surface area contributed by atoms with Gasteiger partial charge in [0.15, 0.2) is 18.1 Å². The van der Waals surface area contributed by atoms with Crippen LogP contribution in [0.1, 0.15) is 28.9 Å². The predicted octanol–water partition coefficient (Wildman–Crippen LogP) is 2.16. The third-order valence-corrected chi connectivity index (χ3v) is 3.73. The molecule has 3 rings (SSSR count). The summed E-state index contributed by atoms with van der Waals surface area (Å²) in [6.45, 7) is 1.55. The number of aromatic hydroxyl groups is 1. The zero-order valence-corrected chi connectivity index (χ0v) is 13.5. The monoisotopic (exact) mass is 343 g/mol. The highest BCUT2D eigenvalue weighted by Gasteiger charge is 2.18. The van der Waals surface area contributed by atoms with Crippen LogP contribution in [0.3, 0.4) is 0 Å². The SMILES string of the molecule is CC(NC(=O)COC(=O)c1ccccc1O)c1ccc2c(c1)OCO2. The highest BCUT2D eigenvalue weighted by Crippen LogP contribution is 2.34. The number of phenols is 1. The summed E-state index contributed by atoms with van der Waals surface area (Å²) in [5.41, 5.74) is 0.851. The molecule has 25 heavy (non-hydrogen) atoms. The molecule has 0 saturated heterocycles. The van der Waals surface area contributed by atoms with Crippen molar-refractivity contribution in [1.82, 2.24) is 5.32 Å². The van der Waals surface area contributed by atoms with Crippen LogP contribution in [0.4, 0.5) is 0 Å². The van der Waals surface area contributed by atoms with Gasteiger partial charge in [0.25, 0.3) is 5.91 Å².